The summed E-state index contributed by atoms with van der Waals surface area (Å²) in [4.78, 5) is 22.6. The van der Waals surface area contributed by atoms with Crippen LogP contribution < -0.4 is 10.6 Å². The number of alkyl carbamates (subject to hydrolysis) is 1. The predicted octanol–water partition coefficient (Wildman–Crippen LogP) is 0.800. The van der Waals surface area contributed by atoms with Gasteiger partial charge in [-0.05, 0) is 12.0 Å². The Hall–Kier alpha value is -2.08. The molecule has 1 atom stereocenters. The molecular formula is C14H20N2O4. The molecule has 0 aliphatic heterocycles. The van der Waals surface area contributed by atoms with Crippen LogP contribution in [0.3, 0.4) is 0 Å². The molecule has 110 valence electrons. The fourth-order valence-electron chi connectivity index (χ4n) is 1.57. The van der Waals surface area contributed by atoms with E-state index in [1.807, 2.05) is 30.3 Å². The maximum atomic E-state index is 11.6. The molecule has 0 heterocycles. The molecule has 0 unspecified atom stereocenters. The van der Waals surface area contributed by atoms with Gasteiger partial charge in [-0.3, -0.25) is 4.79 Å². The predicted molar refractivity (Wildman–Crippen MR) is 73.9 cm³/mol. The van der Waals surface area contributed by atoms with Crippen LogP contribution in [-0.2, 0) is 16.1 Å². The van der Waals surface area contributed by atoms with Crippen molar-refractivity contribution in [1.29, 1.82) is 0 Å². The van der Waals surface area contributed by atoms with Gasteiger partial charge in [0.1, 0.15) is 6.61 Å². The number of carbonyl (C=O) groups is 2. The molecule has 0 spiro atoms. The van der Waals surface area contributed by atoms with E-state index in [0.29, 0.717) is 6.42 Å². The molecule has 0 radical (unpaired) electrons. The van der Waals surface area contributed by atoms with Crippen molar-refractivity contribution >= 4 is 12.0 Å². The fraction of sp³-hybridized carbons (Fsp3) is 0.429. The molecule has 3 N–H and O–H groups in total. The number of aliphatic hydroxyl groups excluding tert-OH is 1. The number of benzene rings is 1. The lowest BCUT2D eigenvalue weighted by Gasteiger charge is -2.15. The highest BCUT2D eigenvalue weighted by molar-refractivity contribution is 5.75. The second kappa shape index (κ2) is 8.92. The zero-order valence-corrected chi connectivity index (χ0v) is 11.5. The van der Waals surface area contributed by atoms with Gasteiger partial charge in [0.15, 0.2) is 0 Å². The van der Waals surface area contributed by atoms with Crippen molar-refractivity contribution in [2.24, 2.45) is 0 Å². The van der Waals surface area contributed by atoms with Crippen molar-refractivity contribution < 1.29 is 19.4 Å². The molecule has 6 nitrogen and oxygen atoms in total. The average molecular weight is 280 g/mol. The Balaban J connectivity index is 2.30. The van der Waals surface area contributed by atoms with Crippen molar-refractivity contribution in [2.75, 3.05) is 13.7 Å². The van der Waals surface area contributed by atoms with Crippen LogP contribution in [0.1, 0.15) is 18.4 Å². The first-order valence-corrected chi connectivity index (χ1v) is 6.44. The minimum absolute atomic E-state index is 0.136. The largest absolute Gasteiger partial charge is 0.445 e. The van der Waals surface area contributed by atoms with Crippen molar-refractivity contribution in [3.05, 3.63) is 35.9 Å². The van der Waals surface area contributed by atoms with Crippen molar-refractivity contribution in [3.63, 3.8) is 0 Å². The van der Waals surface area contributed by atoms with Gasteiger partial charge in [-0.1, -0.05) is 30.3 Å². The molecule has 1 aromatic carbocycles. The third-order valence-corrected chi connectivity index (χ3v) is 2.75. The maximum Gasteiger partial charge on any atom is 0.407 e. The van der Waals surface area contributed by atoms with E-state index in [0.717, 1.165) is 5.56 Å². The van der Waals surface area contributed by atoms with Gasteiger partial charge in [0, 0.05) is 13.5 Å². The highest BCUT2D eigenvalue weighted by atomic mass is 16.5. The first-order valence-electron chi connectivity index (χ1n) is 6.44. The summed E-state index contributed by atoms with van der Waals surface area (Å²) >= 11 is 0. The smallest absolute Gasteiger partial charge is 0.407 e. The van der Waals surface area contributed by atoms with Gasteiger partial charge in [-0.2, -0.15) is 0 Å². The molecule has 2 amide bonds. The summed E-state index contributed by atoms with van der Waals surface area (Å²) in [5.74, 6) is -0.136. The molecule has 0 aliphatic rings. The molecule has 0 fully saturated rings. The average Bonchev–Trinajstić information content (AvgIpc) is 2.49. The standard InChI is InChI=1S/C14H20N2O4/c1-15-13(18)8-7-12(9-17)16-14(19)20-10-11-5-3-2-4-6-11/h2-6,12,17H,7-10H2,1H3,(H,15,18)(H,16,19)/t12-/m0/s1. The minimum Gasteiger partial charge on any atom is -0.445 e. The Labute approximate surface area is 118 Å². The zero-order valence-electron chi connectivity index (χ0n) is 11.5. The molecule has 0 saturated carbocycles. The van der Waals surface area contributed by atoms with E-state index >= 15 is 0 Å². The first kappa shape index (κ1) is 16.0. The topological polar surface area (TPSA) is 87.7 Å². The highest BCUT2D eigenvalue weighted by Gasteiger charge is 2.13. The lowest BCUT2D eigenvalue weighted by atomic mass is 10.1. The van der Waals surface area contributed by atoms with Gasteiger partial charge in [-0.15, -0.1) is 0 Å². The fourth-order valence-corrected chi connectivity index (χ4v) is 1.57. The first-order chi connectivity index (χ1) is 9.65. The van der Waals surface area contributed by atoms with Gasteiger partial charge in [0.2, 0.25) is 5.91 Å². The van der Waals surface area contributed by atoms with Gasteiger partial charge >= 0.3 is 6.09 Å². The zero-order chi connectivity index (χ0) is 14.8. The van der Waals surface area contributed by atoms with E-state index in [4.69, 9.17) is 9.84 Å². The molecule has 0 aliphatic carbocycles. The Morgan fingerprint density at radius 3 is 2.60 bits per heavy atom. The summed E-state index contributed by atoms with van der Waals surface area (Å²) in [5, 5.41) is 14.1. The van der Waals surface area contributed by atoms with Gasteiger partial charge < -0.3 is 20.5 Å². The molecule has 0 saturated heterocycles. The van der Waals surface area contributed by atoms with E-state index in [-0.39, 0.29) is 25.5 Å². The minimum atomic E-state index is -0.607. The van der Waals surface area contributed by atoms with Crippen LogP contribution in [0.2, 0.25) is 0 Å². The SMILES string of the molecule is CNC(=O)CC[C@@H](CO)NC(=O)OCc1ccccc1. The second-order valence-corrected chi connectivity index (χ2v) is 4.30. The molecule has 0 bridgehead atoms. The van der Waals surface area contributed by atoms with Gasteiger partial charge in [-0.25, -0.2) is 4.79 Å². The quantitative estimate of drug-likeness (QED) is 0.689. The van der Waals surface area contributed by atoms with E-state index in [1.54, 1.807) is 0 Å². The van der Waals surface area contributed by atoms with Crippen molar-refractivity contribution in [1.82, 2.24) is 10.6 Å². The number of aliphatic hydroxyl groups is 1. The normalized spacial score (nSPS) is 11.5. The number of rotatable bonds is 7. The Morgan fingerprint density at radius 1 is 1.30 bits per heavy atom. The maximum absolute atomic E-state index is 11.6. The van der Waals surface area contributed by atoms with Crippen LogP contribution in [0.4, 0.5) is 4.79 Å². The number of ether oxygens (including phenoxy) is 1. The third kappa shape index (κ3) is 6.19. The van der Waals surface area contributed by atoms with Crippen LogP contribution in [0, 0.1) is 0 Å². The van der Waals surface area contributed by atoms with E-state index in [2.05, 4.69) is 10.6 Å². The Morgan fingerprint density at radius 2 is 2.00 bits per heavy atom. The number of carbonyl (C=O) groups excluding carboxylic acids is 2. The summed E-state index contributed by atoms with van der Waals surface area (Å²) in [6.07, 6.45) is -0.0121. The monoisotopic (exact) mass is 280 g/mol. The number of hydrogen-bond donors (Lipinski definition) is 3. The second-order valence-electron chi connectivity index (χ2n) is 4.30. The number of nitrogens with one attached hydrogen (secondary N) is 2. The van der Waals surface area contributed by atoms with E-state index < -0.39 is 12.1 Å². The molecule has 6 heteroatoms. The summed E-state index contributed by atoms with van der Waals surface area (Å²) in [6, 6.07) is 8.80. The number of hydrogen-bond acceptors (Lipinski definition) is 4. The van der Waals surface area contributed by atoms with Crippen molar-refractivity contribution in [2.45, 2.75) is 25.5 Å². The lowest BCUT2D eigenvalue weighted by molar-refractivity contribution is -0.120. The summed E-state index contributed by atoms with van der Waals surface area (Å²) < 4.78 is 5.03. The van der Waals surface area contributed by atoms with E-state index in [1.165, 1.54) is 7.05 Å². The van der Waals surface area contributed by atoms with Crippen LogP contribution in [0.25, 0.3) is 0 Å². The molecule has 1 rings (SSSR count). The highest BCUT2D eigenvalue weighted by Crippen LogP contribution is 2.02. The Kier molecular flexibility index (Phi) is 7.13. The van der Waals surface area contributed by atoms with Crippen LogP contribution in [0.5, 0.6) is 0 Å². The summed E-state index contributed by atoms with van der Waals surface area (Å²) in [6.45, 7) is -0.0717. The van der Waals surface area contributed by atoms with E-state index in [9.17, 15) is 9.59 Å². The summed E-state index contributed by atoms with van der Waals surface area (Å²) in [7, 11) is 1.54. The molecule has 20 heavy (non-hydrogen) atoms. The molecule has 0 aromatic heterocycles. The Bertz CT molecular complexity index is 422. The molecular weight excluding hydrogens is 260 g/mol. The summed E-state index contributed by atoms with van der Waals surface area (Å²) in [5.41, 5.74) is 0.883. The molecule has 1 aromatic rings. The number of amides is 2. The van der Waals surface area contributed by atoms with Crippen LogP contribution >= 0.6 is 0 Å². The lowest BCUT2D eigenvalue weighted by Crippen LogP contribution is -2.38. The van der Waals surface area contributed by atoms with Crippen molar-refractivity contribution in [3.8, 4) is 0 Å². The van der Waals surface area contributed by atoms with Crippen LogP contribution in [-0.4, -0.2) is 36.8 Å². The van der Waals surface area contributed by atoms with Crippen LogP contribution in [0.15, 0.2) is 30.3 Å². The van der Waals surface area contributed by atoms with Gasteiger partial charge in [0.05, 0.1) is 12.6 Å². The van der Waals surface area contributed by atoms with Gasteiger partial charge in [0.25, 0.3) is 0 Å². The third-order valence-electron chi connectivity index (χ3n) is 2.75.